The van der Waals surface area contributed by atoms with Crippen LogP contribution in [0.4, 0.5) is 11.4 Å². The van der Waals surface area contributed by atoms with Crippen molar-refractivity contribution in [1.29, 1.82) is 0 Å². The molecule has 1 aliphatic rings. The molecular weight excluding hydrogens is 500 g/mol. The first-order valence-electron chi connectivity index (χ1n) is 13.0. The zero-order valence-electron chi connectivity index (χ0n) is 22.4. The van der Waals surface area contributed by atoms with Gasteiger partial charge < -0.3 is 20.1 Å². The van der Waals surface area contributed by atoms with Crippen molar-refractivity contribution in [3.8, 4) is 22.3 Å². The maximum atomic E-state index is 12.9. The summed E-state index contributed by atoms with van der Waals surface area (Å²) in [6, 6.07) is 35.4. The lowest BCUT2D eigenvalue weighted by Gasteiger charge is -2.28. The summed E-state index contributed by atoms with van der Waals surface area (Å²) in [5.41, 5.74) is 7.14. The number of carbonyl (C=O) groups is 2. The molecule has 0 aliphatic heterocycles. The minimum Gasteiger partial charge on any atom is -0.466 e. The number of allylic oxidation sites excluding steroid dienone is 1. The lowest BCUT2D eigenvalue weighted by molar-refractivity contribution is -0.138. The van der Waals surface area contributed by atoms with E-state index in [2.05, 4.69) is 10.6 Å². The molecule has 1 atom stereocenters. The fourth-order valence-corrected chi connectivity index (χ4v) is 4.83. The van der Waals surface area contributed by atoms with Crippen LogP contribution in [0, 0.1) is 0 Å². The van der Waals surface area contributed by atoms with Gasteiger partial charge in [-0.25, -0.2) is 9.59 Å². The number of rotatable bonds is 8. The van der Waals surface area contributed by atoms with Crippen molar-refractivity contribution in [2.45, 2.75) is 12.5 Å². The quantitative estimate of drug-likeness (QED) is 0.243. The molecule has 0 fully saturated rings. The Hall–Kier alpha value is -5.10. The van der Waals surface area contributed by atoms with E-state index in [1.807, 2.05) is 109 Å². The minimum atomic E-state index is -0.506. The molecule has 200 valence electrons. The maximum absolute atomic E-state index is 12.9. The summed E-state index contributed by atoms with van der Waals surface area (Å²) in [5, 5.41) is 6.79. The SMILES string of the molecule is COC(=O)C1=CC(Nc2cccc(-c3ccccc3)c2)=C(C(=O)OC)CC1Nc1cccc(-c2ccccc2)c1. The number of hydrogen-bond donors (Lipinski definition) is 2. The Bertz CT molecular complexity index is 1580. The molecule has 1 aliphatic carbocycles. The summed E-state index contributed by atoms with van der Waals surface area (Å²) in [5.74, 6) is -0.940. The molecule has 0 heterocycles. The molecule has 5 rings (SSSR count). The Morgan fingerprint density at radius 2 is 1.18 bits per heavy atom. The van der Waals surface area contributed by atoms with E-state index in [4.69, 9.17) is 9.47 Å². The van der Waals surface area contributed by atoms with Crippen LogP contribution in [0.1, 0.15) is 6.42 Å². The number of anilines is 2. The van der Waals surface area contributed by atoms with Crippen LogP contribution >= 0.6 is 0 Å². The van der Waals surface area contributed by atoms with Crippen LogP contribution in [0.15, 0.2) is 132 Å². The first kappa shape index (κ1) is 26.5. The molecule has 0 bridgehead atoms. The molecule has 1 unspecified atom stereocenters. The van der Waals surface area contributed by atoms with E-state index in [0.717, 1.165) is 33.6 Å². The van der Waals surface area contributed by atoms with E-state index >= 15 is 0 Å². The van der Waals surface area contributed by atoms with Gasteiger partial charge in [0.15, 0.2) is 0 Å². The zero-order valence-corrected chi connectivity index (χ0v) is 22.4. The van der Waals surface area contributed by atoms with E-state index in [0.29, 0.717) is 16.8 Å². The Morgan fingerprint density at radius 3 is 1.75 bits per heavy atom. The highest BCUT2D eigenvalue weighted by Gasteiger charge is 2.32. The topological polar surface area (TPSA) is 76.7 Å². The fourth-order valence-electron chi connectivity index (χ4n) is 4.83. The van der Waals surface area contributed by atoms with Gasteiger partial charge in [-0.15, -0.1) is 0 Å². The van der Waals surface area contributed by atoms with Crippen LogP contribution in [0.2, 0.25) is 0 Å². The standard InChI is InChI=1S/C34H30N2O4/c1-39-33(37)29-21-32(36-28-18-10-16-26(20-28)24-13-7-4-8-14-24)30(34(38)40-2)22-31(29)35-27-17-9-15-25(19-27)23-11-5-3-6-12-23/h3-21,31,35-36H,22H2,1-2H3. The molecule has 0 saturated carbocycles. The zero-order chi connectivity index (χ0) is 27.9. The van der Waals surface area contributed by atoms with Crippen molar-refractivity contribution in [2.24, 2.45) is 0 Å². The summed E-state index contributed by atoms with van der Waals surface area (Å²) in [4.78, 5) is 25.9. The third-order valence-corrected chi connectivity index (χ3v) is 6.82. The third kappa shape index (κ3) is 5.97. The number of nitrogens with one attached hydrogen (secondary N) is 2. The van der Waals surface area contributed by atoms with Crippen molar-refractivity contribution in [3.05, 3.63) is 132 Å². The first-order chi connectivity index (χ1) is 19.6. The summed E-state index contributed by atoms with van der Waals surface area (Å²) in [7, 11) is 2.71. The fraction of sp³-hybridized carbons (Fsp3) is 0.118. The smallest absolute Gasteiger partial charge is 0.335 e. The predicted octanol–water partition coefficient (Wildman–Crippen LogP) is 6.84. The van der Waals surface area contributed by atoms with Gasteiger partial charge in [-0.2, -0.15) is 0 Å². The number of esters is 2. The summed E-state index contributed by atoms with van der Waals surface area (Å²) in [6.45, 7) is 0. The number of hydrogen-bond acceptors (Lipinski definition) is 6. The van der Waals surface area contributed by atoms with Crippen molar-refractivity contribution >= 4 is 23.3 Å². The van der Waals surface area contributed by atoms with Crippen LogP contribution in [-0.2, 0) is 19.1 Å². The highest BCUT2D eigenvalue weighted by Crippen LogP contribution is 2.32. The molecule has 6 heteroatoms. The molecule has 0 amide bonds. The molecule has 4 aromatic carbocycles. The second-order valence-corrected chi connectivity index (χ2v) is 9.39. The molecular formula is C34H30N2O4. The highest BCUT2D eigenvalue weighted by molar-refractivity contribution is 5.97. The van der Waals surface area contributed by atoms with E-state index in [1.165, 1.54) is 14.2 Å². The lowest BCUT2D eigenvalue weighted by atomic mass is 9.90. The lowest BCUT2D eigenvalue weighted by Crippen LogP contribution is -2.33. The van der Waals surface area contributed by atoms with Gasteiger partial charge in [0.25, 0.3) is 0 Å². The average molecular weight is 531 g/mol. The minimum absolute atomic E-state index is 0.226. The summed E-state index contributed by atoms with van der Waals surface area (Å²) >= 11 is 0. The van der Waals surface area contributed by atoms with E-state index in [1.54, 1.807) is 6.08 Å². The number of ether oxygens (including phenoxy) is 2. The molecule has 0 spiro atoms. The normalized spacial score (nSPS) is 14.7. The van der Waals surface area contributed by atoms with Gasteiger partial charge in [-0.05, 0) is 52.6 Å². The second-order valence-electron chi connectivity index (χ2n) is 9.39. The van der Waals surface area contributed by atoms with Gasteiger partial charge >= 0.3 is 11.9 Å². The molecule has 0 radical (unpaired) electrons. The third-order valence-electron chi connectivity index (χ3n) is 6.82. The number of benzene rings is 4. The molecule has 2 N–H and O–H groups in total. The predicted molar refractivity (Wildman–Crippen MR) is 159 cm³/mol. The van der Waals surface area contributed by atoms with Crippen LogP contribution in [0.25, 0.3) is 22.3 Å². The van der Waals surface area contributed by atoms with E-state index in [-0.39, 0.29) is 6.42 Å². The Balaban J connectivity index is 1.47. The van der Waals surface area contributed by atoms with Crippen molar-refractivity contribution in [3.63, 3.8) is 0 Å². The molecule has 6 nitrogen and oxygen atoms in total. The van der Waals surface area contributed by atoms with Crippen LogP contribution in [0.5, 0.6) is 0 Å². The maximum Gasteiger partial charge on any atom is 0.335 e. The van der Waals surface area contributed by atoms with E-state index in [9.17, 15) is 9.59 Å². The van der Waals surface area contributed by atoms with Gasteiger partial charge in [0.1, 0.15) is 0 Å². The number of carbonyl (C=O) groups excluding carboxylic acids is 2. The molecule has 0 aromatic heterocycles. The Kier molecular flexibility index (Phi) is 8.07. The van der Waals surface area contributed by atoms with Crippen molar-refractivity contribution < 1.29 is 19.1 Å². The van der Waals surface area contributed by atoms with Crippen LogP contribution in [-0.4, -0.2) is 32.2 Å². The number of methoxy groups -OCH3 is 2. The van der Waals surface area contributed by atoms with Gasteiger partial charge in [0.2, 0.25) is 0 Å². The first-order valence-corrected chi connectivity index (χ1v) is 13.0. The van der Waals surface area contributed by atoms with Gasteiger partial charge in [-0.1, -0.05) is 84.9 Å². The van der Waals surface area contributed by atoms with Crippen molar-refractivity contribution in [1.82, 2.24) is 0 Å². The molecule has 0 saturated heterocycles. The molecule has 4 aromatic rings. The highest BCUT2D eigenvalue weighted by atomic mass is 16.5. The molecule has 40 heavy (non-hydrogen) atoms. The second kappa shape index (κ2) is 12.2. The van der Waals surface area contributed by atoms with Crippen LogP contribution in [0.3, 0.4) is 0 Å². The van der Waals surface area contributed by atoms with Crippen LogP contribution < -0.4 is 10.6 Å². The Morgan fingerprint density at radius 1 is 0.650 bits per heavy atom. The van der Waals surface area contributed by atoms with Crippen molar-refractivity contribution in [2.75, 3.05) is 24.9 Å². The van der Waals surface area contributed by atoms with E-state index < -0.39 is 18.0 Å². The summed E-state index contributed by atoms with van der Waals surface area (Å²) < 4.78 is 10.3. The monoisotopic (exact) mass is 530 g/mol. The largest absolute Gasteiger partial charge is 0.466 e. The van der Waals surface area contributed by atoms with Gasteiger partial charge in [0.05, 0.1) is 31.4 Å². The van der Waals surface area contributed by atoms with Gasteiger partial charge in [0, 0.05) is 23.5 Å². The summed E-state index contributed by atoms with van der Waals surface area (Å²) in [6.07, 6.45) is 1.90. The Labute approximate surface area is 234 Å². The average Bonchev–Trinajstić information content (AvgIpc) is 3.02. The van der Waals surface area contributed by atoms with Gasteiger partial charge in [-0.3, -0.25) is 0 Å².